The van der Waals surface area contributed by atoms with Gasteiger partial charge in [-0.25, -0.2) is 9.38 Å². The van der Waals surface area contributed by atoms with Crippen LogP contribution in [0.4, 0.5) is 4.39 Å². The molecule has 2 aliphatic carbocycles. The lowest BCUT2D eigenvalue weighted by Gasteiger charge is -2.53. The molecule has 2 heterocycles. The van der Waals surface area contributed by atoms with Gasteiger partial charge in [-0.1, -0.05) is 120 Å². The van der Waals surface area contributed by atoms with Gasteiger partial charge < -0.3 is 10.5 Å². The fourth-order valence-electron chi connectivity index (χ4n) is 7.66. The monoisotopic (exact) mass is 492 g/mol. The summed E-state index contributed by atoms with van der Waals surface area (Å²) in [6.07, 6.45) is 23.2. The second-order valence-electron chi connectivity index (χ2n) is 12.2. The summed E-state index contributed by atoms with van der Waals surface area (Å²) in [6, 6.07) is 0. The second-order valence-corrected chi connectivity index (χ2v) is 13.2. The number of nitrogens with zero attached hydrogens (tertiary/aromatic N) is 1. The van der Waals surface area contributed by atoms with Gasteiger partial charge in [0.05, 0.1) is 12.7 Å². The molecule has 3 nitrogen and oxygen atoms in total. The van der Waals surface area contributed by atoms with Crippen molar-refractivity contribution in [3.8, 4) is 0 Å². The molecule has 4 aliphatic rings. The Morgan fingerprint density at radius 2 is 1.38 bits per heavy atom. The molecule has 2 N–H and O–H groups in total. The smallest absolute Gasteiger partial charge is 0.154 e. The maximum atomic E-state index is 16.6. The number of rotatable bonds is 3. The molecule has 4 rings (SSSR count). The molecule has 0 bridgehead atoms. The van der Waals surface area contributed by atoms with E-state index in [4.69, 9.17) is 15.5 Å². The van der Waals surface area contributed by atoms with E-state index in [1.165, 1.54) is 115 Å². The quantitative estimate of drug-likeness (QED) is 0.413. The fourth-order valence-corrected chi connectivity index (χ4v) is 8.63. The van der Waals surface area contributed by atoms with Crippen LogP contribution in [0.1, 0.15) is 122 Å². The van der Waals surface area contributed by atoms with Crippen molar-refractivity contribution in [2.75, 3.05) is 12.4 Å². The van der Waals surface area contributed by atoms with Crippen LogP contribution in [-0.4, -0.2) is 42.1 Å². The Morgan fingerprint density at radius 1 is 0.853 bits per heavy atom. The lowest BCUT2D eigenvalue weighted by Crippen LogP contribution is -2.65. The minimum atomic E-state index is -1.29. The van der Waals surface area contributed by atoms with Crippen LogP contribution in [0, 0.1) is 5.92 Å². The standard InChI is InChI=1S/C28H50BFN2OS/c1-22-19-27(30)21-34-26(31)32-28(27,20-33-22)23-13-8-6-7-11-17-25(18-12-14-23)29-24-15-9-4-2-3-5-10-16-24/h22-25,29H,2-21H2,1H3,(H2,31,32)/t22-,23?,25?,27+,28+/m0/s1. The molecule has 0 spiro atoms. The Hall–Kier alpha value is -0.225. The first-order chi connectivity index (χ1) is 16.5. The number of ether oxygens (including phenoxy) is 1. The van der Waals surface area contributed by atoms with E-state index in [2.05, 4.69) is 0 Å². The van der Waals surface area contributed by atoms with Crippen LogP contribution in [0.3, 0.4) is 0 Å². The van der Waals surface area contributed by atoms with Crippen LogP contribution in [0.25, 0.3) is 0 Å². The second kappa shape index (κ2) is 12.8. The van der Waals surface area contributed by atoms with E-state index >= 15 is 4.39 Å². The highest BCUT2D eigenvalue weighted by Gasteiger charge is 2.61. The van der Waals surface area contributed by atoms with E-state index in [-0.39, 0.29) is 12.0 Å². The minimum Gasteiger partial charge on any atom is -0.379 e. The van der Waals surface area contributed by atoms with Gasteiger partial charge in [-0.3, -0.25) is 0 Å². The van der Waals surface area contributed by atoms with E-state index < -0.39 is 11.2 Å². The molecule has 0 aromatic rings. The van der Waals surface area contributed by atoms with Crippen LogP contribution in [0.2, 0.25) is 11.6 Å². The van der Waals surface area contributed by atoms with Gasteiger partial charge in [-0.15, -0.1) is 0 Å². The largest absolute Gasteiger partial charge is 0.379 e. The van der Waals surface area contributed by atoms with Crippen molar-refractivity contribution in [2.24, 2.45) is 16.6 Å². The summed E-state index contributed by atoms with van der Waals surface area (Å²) in [5.41, 5.74) is 4.17. The van der Waals surface area contributed by atoms with Crippen molar-refractivity contribution in [2.45, 2.75) is 151 Å². The molecular formula is C28H50BFN2OS. The lowest BCUT2D eigenvalue weighted by atomic mass is 9.50. The van der Waals surface area contributed by atoms with Gasteiger partial charge in [0.1, 0.15) is 12.8 Å². The topological polar surface area (TPSA) is 47.6 Å². The summed E-state index contributed by atoms with van der Waals surface area (Å²) in [5, 5.41) is 0.568. The highest BCUT2D eigenvalue weighted by Crippen LogP contribution is 2.51. The molecule has 6 heteroatoms. The predicted molar refractivity (Wildman–Crippen MR) is 147 cm³/mol. The Balaban J connectivity index is 1.43. The van der Waals surface area contributed by atoms with E-state index in [0.717, 1.165) is 24.5 Å². The third kappa shape index (κ3) is 6.75. The first-order valence-corrected chi connectivity index (χ1v) is 15.8. The molecule has 3 fully saturated rings. The number of halogens is 1. The van der Waals surface area contributed by atoms with E-state index in [0.29, 0.717) is 23.9 Å². The molecule has 5 atom stereocenters. The van der Waals surface area contributed by atoms with Crippen LogP contribution < -0.4 is 5.73 Å². The van der Waals surface area contributed by atoms with Crippen LogP contribution in [0.5, 0.6) is 0 Å². The number of fused-ring (bicyclic) bond motifs is 1. The maximum absolute atomic E-state index is 16.6. The first-order valence-electron chi connectivity index (χ1n) is 14.8. The molecule has 0 aromatic carbocycles. The first kappa shape index (κ1) is 26.8. The van der Waals surface area contributed by atoms with E-state index in [1.807, 2.05) is 6.92 Å². The Kier molecular flexibility index (Phi) is 10.1. The van der Waals surface area contributed by atoms with Gasteiger partial charge in [0.2, 0.25) is 0 Å². The average Bonchev–Trinajstić information content (AvgIpc) is 2.90. The number of alkyl halides is 1. The average molecular weight is 493 g/mol. The zero-order valence-corrected chi connectivity index (χ0v) is 22.7. The van der Waals surface area contributed by atoms with Crippen LogP contribution in [-0.2, 0) is 4.74 Å². The Morgan fingerprint density at radius 3 is 2.03 bits per heavy atom. The van der Waals surface area contributed by atoms with Gasteiger partial charge in [-0.2, -0.15) is 0 Å². The molecule has 34 heavy (non-hydrogen) atoms. The predicted octanol–water partition coefficient (Wildman–Crippen LogP) is 7.59. The molecule has 194 valence electrons. The number of amidine groups is 1. The lowest BCUT2D eigenvalue weighted by molar-refractivity contribution is -0.125. The molecule has 2 aliphatic heterocycles. The zero-order chi connectivity index (χ0) is 23.9. The molecule has 2 unspecified atom stereocenters. The fraction of sp³-hybridized carbons (Fsp3) is 0.964. The summed E-state index contributed by atoms with van der Waals surface area (Å²) in [5.74, 6) is 2.48. The molecule has 1 saturated heterocycles. The van der Waals surface area contributed by atoms with Crippen molar-refractivity contribution in [1.29, 1.82) is 0 Å². The Bertz CT molecular complexity index is 656. The molecule has 2 saturated carbocycles. The van der Waals surface area contributed by atoms with Crippen molar-refractivity contribution < 1.29 is 9.13 Å². The molecule has 0 amide bonds. The summed E-state index contributed by atoms with van der Waals surface area (Å²) in [7, 11) is 1.44. The highest BCUT2D eigenvalue weighted by atomic mass is 32.2. The van der Waals surface area contributed by atoms with E-state index in [1.54, 1.807) is 0 Å². The van der Waals surface area contributed by atoms with Crippen molar-refractivity contribution >= 4 is 24.2 Å². The summed E-state index contributed by atoms with van der Waals surface area (Å²) >= 11 is 1.41. The van der Waals surface area contributed by atoms with Crippen molar-refractivity contribution in [1.82, 2.24) is 0 Å². The Labute approximate surface area is 213 Å². The third-order valence-electron chi connectivity index (χ3n) is 9.63. The van der Waals surface area contributed by atoms with Gasteiger partial charge in [0.15, 0.2) is 10.8 Å². The van der Waals surface area contributed by atoms with Gasteiger partial charge >= 0.3 is 0 Å². The van der Waals surface area contributed by atoms with Crippen molar-refractivity contribution in [3.63, 3.8) is 0 Å². The van der Waals surface area contributed by atoms with Gasteiger partial charge in [-0.05, 0) is 25.7 Å². The van der Waals surface area contributed by atoms with Crippen molar-refractivity contribution in [3.05, 3.63) is 0 Å². The third-order valence-corrected chi connectivity index (χ3v) is 10.6. The summed E-state index contributed by atoms with van der Waals surface area (Å²) in [4.78, 5) is 4.91. The van der Waals surface area contributed by atoms with Gasteiger partial charge in [0.25, 0.3) is 0 Å². The highest BCUT2D eigenvalue weighted by molar-refractivity contribution is 8.13. The molecular weight excluding hydrogens is 442 g/mol. The SMILES string of the molecule is C[C@H]1C[C@@]2(F)CSC(N)=N[C@@]2(C2CCCCCCC(BC3CCCCCCCC3)CCC2)CO1. The van der Waals surface area contributed by atoms with Gasteiger partial charge in [0, 0.05) is 12.2 Å². The number of hydrogen-bond donors (Lipinski definition) is 1. The normalized spacial score (nSPS) is 39.9. The zero-order valence-electron chi connectivity index (χ0n) is 21.9. The number of aliphatic imine (C=N–C) groups is 1. The summed E-state index contributed by atoms with van der Waals surface area (Å²) < 4.78 is 22.7. The number of thioether (sulfide) groups is 1. The summed E-state index contributed by atoms with van der Waals surface area (Å²) in [6.45, 7) is 2.42. The molecule has 0 radical (unpaired) electrons. The molecule has 0 aromatic heterocycles. The number of hydrogen-bond acceptors (Lipinski definition) is 4. The van der Waals surface area contributed by atoms with Crippen LogP contribution >= 0.6 is 11.8 Å². The minimum absolute atomic E-state index is 0.0339. The van der Waals surface area contributed by atoms with E-state index in [9.17, 15) is 0 Å². The van der Waals surface area contributed by atoms with Crippen LogP contribution in [0.15, 0.2) is 4.99 Å². The number of nitrogens with two attached hydrogens (primary N) is 1. The maximum Gasteiger partial charge on any atom is 0.154 e.